The molecule has 1 aliphatic rings. The quantitative estimate of drug-likeness (QED) is 0.616. The van der Waals surface area contributed by atoms with Gasteiger partial charge in [-0.1, -0.05) is 26.0 Å². The third kappa shape index (κ3) is 3.42. The molecule has 0 aliphatic heterocycles. The molecule has 1 aromatic carbocycles. The maximum Gasteiger partial charge on any atom is 0.176 e. The highest BCUT2D eigenvalue weighted by molar-refractivity contribution is 5.97. The van der Waals surface area contributed by atoms with Crippen LogP contribution >= 0.6 is 0 Å². The summed E-state index contributed by atoms with van der Waals surface area (Å²) in [5, 5.41) is 3.23. The van der Waals surface area contributed by atoms with Crippen molar-refractivity contribution < 1.29 is 4.79 Å². The predicted molar refractivity (Wildman–Crippen MR) is 75.1 cm³/mol. The van der Waals surface area contributed by atoms with Crippen LogP contribution in [0.5, 0.6) is 0 Å². The smallest absolute Gasteiger partial charge is 0.176 e. The molecule has 0 atom stereocenters. The van der Waals surface area contributed by atoms with E-state index in [1.807, 2.05) is 6.07 Å². The highest BCUT2D eigenvalue weighted by atomic mass is 16.1. The third-order valence-electron chi connectivity index (χ3n) is 3.60. The zero-order valence-electron chi connectivity index (χ0n) is 11.5. The Hall–Kier alpha value is -1.15. The van der Waals surface area contributed by atoms with E-state index in [0.717, 1.165) is 24.9 Å². The lowest BCUT2D eigenvalue weighted by Gasteiger charge is -2.07. The molecule has 1 aliphatic carbocycles. The van der Waals surface area contributed by atoms with Gasteiger partial charge in [0.15, 0.2) is 5.78 Å². The monoisotopic (exact) mass is 245 g/mol. The number of carbonyl (C=O) groups is 1. The third-order valence-corrected chi connectivity index (χ3v) is 3.60. The van der Waals surface area contributed by atoms with Gasteiger partial charge in [-0.2, -0.15) is 0 Å². The van der Waals surface area contributed by atoms with Crippen LogP contribution in [-0.2, 0) is 12.8 Å². The molecule has 1 N–H and O–H groups in total. The first-order valence-corrected chi connectivity index (χ1v) is 7.02. The second-order valence-electron chi connectivity index (χ2n) is 5.62. The summed E-state index contributed by atoms with van der Waals surface area (Å²) < 4.78 is 0. The molecule has 2 nitrogen and oxygen atoms in total. The molecule has 0 spiro atoms. The van der Waals surface area contributed by atoms with Crippen molar-refractivity contribution in [2.45, 2.75) is 39.5 Å². The van der Waals surface area contributed by atoms with Crippen LogP contribution in [0.4, 0.5) is 0 Å². The summed E-state index contributed by atoms with van der Waals surface area (Å²) in [6.45, 7) is 5.79. The summed E-state index contributed by atoms with van der Waals surface area (Å²) in [4.78, 5) is 12.0. The van der Waals surface area contributed by atoms with Gasteiger partial charge in [0.05, 0.1) is 6.54 Å². The molecule has 0 amide bonds. The van der Waals surface area contributed by atoms with Gasteiger partial charge in [-0.3, -0.25) is 4.79 Å². The van der Waals surface area contributed by atoms with Crippen molar-refractivity contribution >= 4 is 5.78 Å². The van der Waals surface area contributed by atoms with Gasteiger partial charge in [-0.25, -0.2) is 0 Å². The van der Waals surface area contributed by atoms with Crippen molar-refractivity contribution in [2.75, 3.05) is 13.1 Å². The second kappa shape index (κ2) is 6.14. The standard InChI is InChI=1S/C16H23NO/c1-12(2)8-9-17-11-16(18)15-7-6-13-4-3-5-14(13)10-15/h6-7,10,12,17H,3-5,8-9,11H2,1-2H3. The van der Waals surface area contributed by atoms with E-state index in [0.29, 0.717) is 12.5 Å². The van der Waals surface area contributed by atoms with Crippen molar-refractivity contribution in [1.29, 1.82) is 0 Å². The summed E-state index contributed by atoms with van der Waals surface area (Å²) >= 11 is 0. The van der Waals surface area contributed by atoms with Crippen molar-refractivity contribution in [2.24, 2.45) is 5.92 Å². The Kier molecular flexibility index (Phi) is 4.54. The van der Waals surface area contributed by atoms with E-state index >= 15 is 0 Å². The van der Waals surface area contributed by atoms with Gasteiger partial charge in [0.25, 0.3) is 0 Å². The number of hydrogen-bond donors (Lipinski definition) is 1. The Morgan fingerprint density at radius 1 is 1.28 bits per heavy atom. The fourth-order valence-corrected chi connectivity index (χ4v) is 2.44. The second-order valence-corrected chi connectivity index (χ2v) is 5.62. The van der Waals surface area contributed by atoms with Gasteiger partial charge in [0.2, 0.25) is 0 Å². The Balaban J connectivity index is 1.85. The zero-order chi connectivity index (χ0) is 13.0. The summed E-state index contributed by atoms with van der Waals surface area (Å²) in [5.41, 5.74) is 3.68. The van der Waals surface area contributed by atoms with Crippen LogP contribution in [0.15, 0.2) is 18.2 Å². The van der Waals surface area contributed by atoms with Crippen LogP contribution in [0.1, 0.15) is 48.2 Å². The maximum atomic E-state index is 12.0. The molecule has 0 radical (unpaired) electrons. The summed E-state index contributed by atoms with van der Waals surface area (Å²) in [5.74, 6) is 0.904. The Bertz CT molecular complexity index is 423. The van der Waals surface area contributed by atoms with E-state index in [1.54, 1.807) is 0 Å². The molecule has 0 aromatic heterocycles. The van der Waals surface area contributed by atoms with Crippen LogP contribution in [-0.4, -0.2) is 18.9 Å². The van der Waals surface area contributed by atoms with Gasteiger partial charge >= 0.3 is 0 Å². The van der Waals surface area contributed by atoms with E-state index in [4.69, 9.17) is 0 Å². The van der Waals surface area contributed by atoms with E-state index in [-0.39, 0.29) is 5.78 Å². The number of Topliss-reactive ketones (excluding diaryl/α,β-unsaturated/α-hetero) is 1. The van der Waals surface area contributed by atoms with E-state index < -0.39 is 0 Å². The molecule has 0 saturated heterocycles. The van der Waals surface area contributed by atoms with Gasteiger partial charge in [-0.15, -0.1) is 0 Å². The average Bonchev–Trinajstić information content (AvgIpc) is 2.81. The summed E-state index contributed by atoms with van der Waals surface area (Å²) in [7, 11) is 0. The molecule has 1 aromatic rings. The van der Waals surface area contributed by atoms with Gasteiger partial charge in [0, 0.05) is 5.56 Å². The summed E-state index contributed by atoms with van der Waals surface area (Å²) in [6.07, 6.45) is 4.67. The predicted octanol–water partition coefficient (Wildman–Crippen LogP) is 2.99. The molecule has 0 bridgehead atoms. The van der Waals surface area contributed by atoms with Crippen molar-refractivity contribution in [3.05, 3.63) is 34.9 Å². The number of ketones is 1. The molecule has 18 heavy (non-hydrogen) atoms. The SMILES string of the molecule is CC(C)CCNCC(=O)c1ccc2c(c1)CCC2. The Morgan fingerprint density at radius 2 is 2.06 bits per heavy atom. The number of carbonyl (C=O) groups excluding carboxylic acids is 1. The first kappa shape index (κ1) is 13.3. The molecule has 98 valence electrons. The normalized spacial score (nSPS) is 13.9. The molecular weight excluding hydrogens is 222 g/mol. The summed E-state index contributed by atoms with van der Waals surface area (Å²) in [6, 6.07) is 6.20. The first-order chi connectivity index (χ1) is 8.66. The average molecular weight is 245 g/mol. The number of benzene rings is 1. The van der Waals surface area contributed by atoms with E-state index in [9.17, 15) is 4.79 Å². The molecule has 0 unspecified atom stereocenters. The fourth-order valence-electron chi connectivity index (χ4n) is 2.44. The minimum atomic E-state index is 0.216. The van der Waals surface area contributed by atoms with Crippen molar-refractivity contribution in [3.63, 3.8) is 0 Å². The number of aryl methyl sites for hydroxylation is 2. The molecule has 2 heteroatoms. The van der Waals surface area contributed by atoms with Crippen LogP contribution in [0.2, 0.25) is 0 Å². The van der Waals surface area contributed by atoms with Gasteiger partial charge < -0.3 is 5.32 Å². The lowest BCUT2D eigenvalue weighted by Crippen LogP contribution is -2.24. The Labute approximate surface area is 110 Å². The van der Waals surface area contributed by atoms with Crippen molar-refractivity contribution in [1.82, 2.24) is 5.32 Å². The molecule has 0 saturated carbocycles. The largest absolute Gasteiger partial charge is 0.310 e. The minimum Gasteiger partial charge on any atom is -0.310 e. The minimum absolute atomic E-state index is 0.216. The number of nitrogens with one attached hydrogen (secondary N) is 1. The number of hydrogen-bond acceptors (Lipinski definition) is 2. The lowest BCUT2D eigenvalue weighted by molar-refractivity contribution is 0.0990. The van der Waals surface area contributed by atoms with Crippen molar-refractivity contribution in [3.8, 4) is 0 Å². The fraction of sp³-hybridized carbons (Fsp3) is 0.562. The van der Waals surface area contributed by atoms with Gasteiger partial charge in [-0.05, 0) is 55.3 Å². The van der Waals surface area contributed by atoms with Crippen LogP contribution in [0.3, 0.4) is 0 Å². The lowest BCUT2D eigenvalue weighted by atomic mass is 10.0. The number of rotatable bonds is 6. The van der Waals surface area contributed by atoms with Crippen LogP contribution < -0.4 is 5.32 Å². The van der Waals surface area contributed by atoms with Crippen LogP contribution in [0.25, 0.3) is 0 Å². The molecule has 2 rings (SSSR count). The highest BCUT2D eigenvalue weighted by Crippen LogP contribution is 2.22. The first-order valence-electron chi connectivity index (χ1n) is 7.02. The molecular formula is C16H23NO. The van der Waals surface area contributed by atoms with E-state index in [2.05, 4.69) is 31.3 Å². The maximum absolute atomic E-state index is 12.0. The number of fused-ring (bicyclic) bond motifs is 1. The topological polar surface area (TPSA) is 29.1 Å². The van der Waals surface area contributed by atoms with Gasteiger partial charge in [0.1, 0.15) is 0 Å². The molecule has 0 fully saturated rings. The van der Waals surface area contributed by atoms with E-state index in [1.165, 1.54) is 24.0 Å². The zero-order valence-corrected chi connectivity index (χ0v) is 11.5. The molecule has 0 heterocycles. The Morgan fingerprint density at radius 3 is 2.83 bits per heavy atom. The highest BCUT2D eigenvalue weighted by Gasteiger charge is 2.13. The van der Waals surface area contributed by atoms with Crippen LogP contribution in [0, 0.1) is 5.92 Å².